The van der Waals surface area contributed by atoms with Crippen LogP contribution in [0.15, 0.2) is 31.0 Å². The van der Waals surface area contributed by atoms with Crippen molar-refractivity contribution in [2.45, 2.75) is 166 Å². The maximum absolute atomic E-state index is 11.6. The maximum atomic E-state index is 11.6. The molecule has 5 aliphatic rings. The van der Waals surface area contributed by atoms with E-state index < -0.39 is 185 Å². The third-order valence-corrected chi connectivity index (χ3v) is 15.1. The van der Waals surface area contributed by atoms with Crippen molar-refractivity contribution in [1.29, 1.82) is 0 Å². The van der Waals surface area contributed by atoms with E-state index in [1.54, 1.807) is 0 Å². The van der Waals surface area contributed by atoms with Crippen molar-refractivity contribution in [1.82, 2.24) is 75.0 Å². The Morgan fingerprint density at radius 2 is 0.532 bits per heavy atom. The topological polar surface area (TPSA) is 544 Å². The summed E-state index contributed by atoms with van der Waals surface area (Å²) in [6, 6.07) is -4.00. The van der Waals surface area contributed by atoms with Crippen LogP contribution in [-0.2, 0) is 36.8 Å². The Hall–Kier alpha value is -5.18. The molecule has 5 aliphatic heterocycles. The van der Waals surface area contributed by atoms with Crippen molar-refractivity contribution in [3.63, 3.8) is 0 Å². The van der Waals surface area contributed by atoms with Crippen LogP contribution in [0.5, 0.6) is 0 Å². The van der Waals surface area contributed by atoms with Crippen LogP contribution >= 0.6 is 0 Å². The molecule has 10 rings (SSSR count). The minimum absolute atomic E-state index is 0.0691. The smallest absolute Gasteiger partial charge is 0.132 e. The Bertz CT molecular complexity index is 2780. The molecule has 0 amide bonds. The van der Waals surface area contributed by atoms with Gasteiger partial charge in [0.15, 0.2) is 0 Å². The molecule has 0 spiro atoms. The molecule has 0 saturated carbocycles. The van der Waals surface area contributed by atoms with Gasteiger partial charge in [0.1, 0.15) is 181 Å². The van der Waals surface area contributed by atoms with Crippen molar-refractivity contribution in [2.75, 3.05) is 33.0 Å². The SMILES string of the molecule is OC[C@H]1O[C@@H](c2cn(CCn3cc([C@@H]4O[C@H](CO)[C@@H](n5cc([C@@H]6O[C@H](CO)[C@@H](n7cc([C@@H]8O[C@H](CO)[C@@H](n9cc([C@@H]%10O[C@H](CO)[C@@H](O)[C@H](O)[C@H]%10O)nn9)[C@H](O)[C@H]8O)nn7)[C@H](O)[C@H]6O)nn5)[C@H](O)[C@H]4O)nn3)nn2)[C@H](O)[C@@H](O)[C@@H]1O. The molecule has 5 saturated heterocycles. The second-order valence-electron chi connectivity index (χ2n) is 19.9. The average Bonchev–Trinajstić information content (AvgIpc) is 4.47. The van der Waals surface area contributed by atoms with E-state index in [4.69, 9.17) is 23.7 Å². The summed E-state index contributed by atoms with van der Waals surface area (Å²) in [5.41, 5.74) is -0.164. The molecule has 37 nitrogen and oxygen atoms in total. The first-order valence-electron chi connectivity index (χ1n) is 24.9. The zero-order chi connectivity index (χ0) is 56.3. The van der Waals surface area contributed by atoms with Gasteiger partial charge in [-0.3, -0.25) is 9.36 Å². The molecule has 0 bridgehead atoms. The Kier molecular flexibility index (Phi) is 16.9. The molecule has 0 radical (unpaired) electrons. The van der Waals surface area contributed by atoms with Crippen molar-refractivity contribution in [3.8, 4) is 0 Å². The zero-order valence-electron chi connectivity index (χ0n) is 41.1. The van der Waals surface area contributed by atoms with Gasteiger partial charge in [0, 0.05) is 0 Å². The fourth-order valence-corrected chi connectivity index (χ4v) is 10.7. The van der Waals surface area contributed by atoms with E-state index in [1.807, 2.05) is 0 Å². The molecule has 10 heterocycles. The summed E-state index contributed by atoms with van der Waals surface area (Å²) in [6.07, 6.45) is -27.1. The molecule has 0 unspecified atom stereocenters. The van der Waals surface area contributed by atoms with Crippen LogP contribution in [0, 0.1) is 0 Å². The van der Waals surface area contributed by atoms with Gasteiger partial charge >= 0.3 is 0 Å². The summed E-state index contributed by atoms with van der Waals surface area (Å²) in [5.74, 6) is 0. The van der Waals surface area contributed by atoms with Gasteiger partial charge in [-0.25, -0.2) is 14.0 Å². The summed E-state index contributed by atoms with van der Waals surface area (Å²) in [5, 5.41) is 221. The van der Waals surface area contributed by atoms with E-state index in [2.05, 4.69) is 51.6 Å². The standard InChI is InChI=1S/C42H61N15O22/c58-8-18-23(28(65)33(70)38(75-18)13-3-53(48-43-13)1-2-54-4-14(44-49-54)39-36(73)31(68)26(63)21(11-61)78-39)55-5-15(45-50-55)40-34(71)29(66)24(19(9-59)76-40)56-6-16(46-51-56)41-35(72)30(67)25(20(10-60)77-41)57-7-17(47-52-57)42-37(74)32(69)27(64)22(12-62)79-42/h3-7,18-42,58-74H,1-2,8-12H2/t18-,19-,20-,21-,22-,23-,24-,25-,26-,27-,28+,29+,30+,31+,32+,33-,34-,35-,36-,37-,38+,39+,40+,41+,42+/m1/s1. The number of nitrogens with zero attached hydrogens (tertiary/aromatic N) is 15. The fraction of sp³-hybridized carbons (Fsp3) is 0.762. The van der Waals surface area contributed by atoms with Crippen LogP contribution in [0.3, 0.4) is 0 Å². The van der Waals surface area contributed by atoms with E-state index in [-0.39, 0.29) is 41.6 Å². The average molecular weight is 1130 g/mol. The Morgan fingerprint density at radius 3 is 0.810 bits per heavy atom. The number of aromatic nitrogens is 15. The Labute approximate surface area is 442 Å². The van der Waals surface area contributed by atoms with Crippen LogP contribution in [0.25, 0.3) is 0 Å². The molecule has 5 aromatic rings. The van der Waals surface area contributed by atoms with E-state index in [0.717, 1.165) is 14.0 Å². The molecule has 79 heavy (non-hydrogen) atoms. The lowest BCUT2D eigenvalue weighted by molar-refractivity contribution is -0.232. The molecule has 17 N–H and O–H groups in total. The van der Waals surface area contributed by atoms with Gasteiger partial charge in [0.25, 0.3) is 0 Å². The molecule has 436 valence electrons. The highest BCUT2D eigenvalue weighted by Crippen LogP contribution is 2.42. The first-order chi connectivity index (χ1) is 37.9. The van der Waals surface area contributed by atoms with Crippen LogP contribution in [0.2, 0.25) is 0 Å². The lowest BCUT2D eigenvalue weighted by Crippen LogP contribution is -2.55. The predicted octanol–water partition coefficient (Wildman–Crippen LogP) is -11.4. The Morgan fingerprint density at radius 1 is 0.291 bits per heavy atom. The lowest BCUT2D eigenvalue weighted by atomic mass is 9.90. The number of aliphatic hydroxyl groups is 17. The minimum Gasteiger partial charge on any atom is -0.394 e. The summed E-state index contributed by atoms with van der Waals surface area (Å²) >= 11 is 0. The first kappa shape index (κ1) is 57.1. The van der Waals surface area contributed by atoms with E-state index in [0.29, 0.717) is 0 Å². The van der Waals surface area contributed by atoms with Crippen molar-refractivity contribution in [3.05, 3.63) is 59.5 Å². The second-order valence-corrected chi connectivity index (χ2v) is 19.9. The maximum Gasteiger partial charge on any atom is 0.132 e. The number of aryl methyl sites for hydroxylation is 2. The number of ether oxygens (including phenoxy) is 5. The highest BCUT2D eigenvalue weighted by atomic mass is 16.6. The quantitative estimate of drug-likeness (QED) is 0.0436. The number of hydrogen-bond acceptors (Lipinski definition) is 32. The highest BCUT2D eigenvalue weighted by molar-refractivity contribution is 5.15. The molecular formula is C42H61N15O22. The van der Waals surface area contributed by atoms with Gasteiger partial charge < -0.3 is 110 Å². The number of rotatable bonds is 16. The third-order valence-electron chi connectivity index (χ3n) is 15.1. The minimum atomic E-state index is -1.81. The summed E-state index contributed by atoms with van der Waals surface area (Å²) in [7, 11) is 0. The lowest BCUT2D eigenvalue weighted by Gasteiger charge is -2.42. The monoisotopic (exact) mass is 1130 g/mol. The van der Waals surface area contributed by atoms with Crippen LogP contribution in [-0.4, -0.2) is 299 Å². The van der Waals surface area contributed by atoms with Gasteiger partial charge in [-0.1, -0.05) is 26.1 Å². The molecule has 0 aromatic carbocycles. The van der Waals surface area contributed by atoms with Gasteiger partial charge in [0.05, 0.1) is 77.1 Å². The number of aliphatic hydroxyl groups excluding tert-OH is 17. The summed E-state index contributed by atoms with van der Waals surface area (Å²) in [4.78, 5) is 0. The Balaban J connectivity index is 0.769. The van der Waals surface area contributed by atoms with Crippen LogP contribution < -0.4 is 0 Å². The molecular weight excluding hydrogens is 1070 g/mol. The number of hydrogen-bond donors (Lipinski definition) is 17. The molecule has 5 aromatic heterocycles. The fourth-order valence-electron chi connectivity index (χ4n) is 10.7. The normalized spacial score (nSPS) is 41.2. The van der Waals surface area contributed by atoms with Gasteiger partial charge in [0.2, 0.25) is 0 Å². The summed E-state index contributed by atoms with van der Waals surface area (Å²) < 4.78 is 35.0. The highest BCUT2D eigenvalue weighted by Gasteiger charge is 2.53. The van der Waals surface area contributed by atoms with E-state index >= 15 is 0 Å². The second kappa shape index (κ2) is 23.4. The van der Waals surface area contributed by atoms with Crippen molar-refractivity contribution in [2.24, 2.45) is 0 Å². The van der Waals surface area contributed by atoms with Crippen LogP contribution in [0.1, 0.15) is 77.1 Å². The first-order valence-corrected chi connectivity index (χ1v) is 24.9. The molecule has 37 heteroatoms. The van der Waals surface area contributed by atoms with Gasteiger partial charge in [-0.05, 0) is 0 Å². The molecule has 25 atom stereocenters. The van der Waals surface area contributed by atoms with Crippen LogP contribution in [0.4, 0.5) is 0 Å². The van der Waals surface area contributed by atoms with E-state index in [1.165, 1.54) is 40.3 Å². The van der Waals surface area contributed by atoms with Crippen molar-refractivity contribution >= 4 is 0 Å². The molecule has 5 fully saturated rings. The largest absolute Gasteiger partial charge is 0.394 e. The van der Waals surface area contributed by atoms with Crippen molar-refractivity contribution < 1.29 is 110 Å². The predicted molar refractivity (Wildman–Crippen MR) is 243 cm³/mol. The molecule has 0 aliphatic carbocycles. The van der Waals surface area contributed by atoms with E-state index in [9.17, 15) is 86.8 Å². The van der Waals surface area contributed by atoms with Gasteiger partial charge in [-0.2, -0.15) is 0 Å². The van der Waals surface area contributed by atoms with Gasteiger partial charge in [-0.15, -0.1) is 25.5 Å². The summed E-state index contributed by atoms with van der Waals surface area (Å²) in [6.45, 7) is -3.32. The zero-order valence-corrected chi connectivity index (χ0v) is 41.1. The third kappa shape index (κ3) is 10.5.